The van der Waals surface area contributed by atoms with Gasteiger partial charge in [0.1, 0.15) is 5.54 Å². The maximum Gasteiger partial charge on any atom is 0.269 e. The third-order valence-corrected chi connectivity index (χ3v) is 12.4. The molecular weight excluding hydrogens is 669 g/mol. The van der Waals surface area contributed by atoms with Crippen molar-refractivity contribution in [3.8, 4) is 11.1 Å². The Labute approximate surface area is 303 Å². The molecule has 1 aliphatic carbocycles. The van der Waals surface area contributed by atoms with E-state index in [0.29, 0.717) is 18.9 Å². The van der Waals surface area contributed by atoms with E-state index in [9.17, 15) is 8.42 Å². The minimum absolute atomic E-state index is 0.199. The molecule has 2 fully saturated rings. The van der Waals surface area contributed by atoms with Crippen LogP contribution in [0.25, 0.3) is 22.2 Å². The first kappa shape index (κ1) is 32.6. The van der Waals surface area contributed by atoms with Crippen LogP contribution in [0.2, 0.25) is 0 Å². The fourth-order valence-electron chi connectivity index (χ4n) is 8.19. The topological polar surface area (TPSA) is 88.2 Å². The van der Waals surface area contributed by atoms with E-state index in [2.05, 4.69) is 42.5 Å². The zero-order valence-corrected chi connectivity index (χ0v) is 29.4. The molecule has 0 radical (unpaired) electrons. The summed E-state index contributed by atoms with van der Waals surface area (Å²) >= 11 is 0. The molecule has 0 bridgehead atoms. The molecule has 2 aliphatic rings. The van der Waals surface area contributed by atoms with Gasteiger partial charge in [-0.2, -0.15) is 5.10 Å². The Bertz CT molecular complexity index is 2330. The molecule has 9 rings (SSSR count). The standard InChI is InChI=1S/C43H38N4O4S/c48-52(49,38-19-11-4-12-20-38)46-31-40(39-27-33(28-44-41(39)46)32-21-23-42(24-22-32)50-25-26-51-42)34-29-45-47(30-34)43(35-13-5-1-6-14-35,36-15-7-2-8-16-36)37-17-9-3-10-18-37/h1-20,27-32H,21-26H2. The summed E-state index contributed by atoms with van der Waals surface area (Å²) < 4.78 is 43.8. The van der Waals surface area contributed by atoms with Gasteiger partial charge in [-0.15, -0.1) is 0 Å². The average Bonchev–Trinajstić information content (AvgIpc) is 3.97. The Kier molecular flexibility index (Phi) is 8.14. The van der Waals surface area contributed by atoms with Crippen LogP contribution in [-0.4, -0.2) is 46.2 Å². The molecule has 1 aliphatic heterocycles. The Hall–Kier alpha value is -5.35. The van der Waals surface area contributed by atoms with Crippen LogP contribution in [0.5, 0.6) is 0 Å². The van der Waals surface area contributed by atoms with Gasteiger partial charge in [0, 0.05) is 47.9 Å². The molecule has 7 aromatic rings. The van der Waals surface area contributed by atoms with E-state index in [0.717, 1.165) is 64.5 Å². The second kappa shape index (κ2) is 13.0. The highest BCUT2D eigenvalue weighted by Crippen LogP contribution is 2.45. The van der Waals surface area contributed by atoms with Crippen molar-refractivity contribution in [3.05, 3.63) is 174 Å². The van der Waals surface area contributed by atoms with Crippen molar-refractivity contribution in [3.63, 3.8) is 0 Å². The van der Waals surface area contributed by atoms with E-state index in [4.69, 9.17) is 19.6 Å². The summed E-state index contributed by atoms with van der Waals surface area (Å²) in [4.78, 5) is 5.08. The van der Waals surface area contributed by atoms with E-state index < -0.39 is 21.3 Å². The van der Waals surface area contributed by atoms with Crippen molar-refractivity contribution in [1.82, 2.24) is 18.7 Å². The van der Waals surface area contributed by atoms with Crippen LogP contribution in [0, 0.1) is 0 Å². The summed E-state index contributed by atoms with van der Waals surface area (Å²) in [5, 5.41) is 5.85. The average molecular weight is 707 g/mol. The Balaban J connectivity index is 1.22. The second-order valence-electron chi connectivity index (χ2n) is 13.7. The second-order valence-corrected chi connectivity index (χ2v) is 15.5. The van der Waals surface area contributed by atoms with Gasteiger partial charge in [-0.3, -0.25) is 4.68 Å². The number of nitrogens with zero attached hydrogens (tertiary/aromatic N) is 4. The highest BCUT2D eigenvalue weighted by Gasteiger charge is 2.41. The SMILES string of the molecule is O=S(=O)(c1ccccc1)n1cc(-c2cnn(C(c3ccccc3)(c3ccccc3)c3ccccc3)c2)c2cc(C3CCC4(CC3)OCCO4)cnc21. The van der Waals surface area contributed by atoms with Crippen LogP contribution in [0.4, 0.5) is 0 Å². The molecule has 0 atom stereocenters. The van der Waals surface area contributed by atoms with Crippen LogP contribution >= 0.6 is 0 Å². The predicted octanol–water partition coefficient (Wildman–Crippen LogP) is 8.38. The summed E-state index contributed by atoms with van der Waals surface area (Å²) in [7, 11) is -3.96. The van der Waals surface area contributed by atoms with Gasteiger partial charge in [-0.05, 0) is 59.2 Å². The molecule has 0 N–H and O–H groups in total. The van der Waals surface area contributed by atoms with Crippen LogP contribution in [0.3, 0.4) is 0 Å². The molecule has 52 heavy (non-hydrogen) atoms. The lowest BCUT2D eigenvalue weighted by molar-refractivity contribution is -0.178. The first-order chi connectivity index (χ1) is 25.5. The summed E-state index contributed by atoms with van der Waals surface area (Å²) in [5.41, 5.74) is 5.31. The number of benzene rings is 4. The molecular formula is C43H38N4O4S. The predicted molar refractivity (Wildman–Crippen MR) is 200 cm³/mol. The van der Waals surface area contributed by atoms with Crippen molar-refractivity contribution in [2.45, 2.75) is 47.8 Å². The van der Waals surface area contributed by atoms with E-state index >= 15 is 0 Å². The van der Waals surface area contributed by atoms with E-state index in [-0.39, 0.29) is 10.8 Å². The summed E-state index contributed by atoms with van der Waals surface area (Å²) in [5.74, 6) is -0.217. The highest BCUT2D eigenvalue weighted by atomic mass is 32.2. The lowest BCUT2D eigenvalue weighted by Crippen LogP contribution is -2.38. The van der Waals surface area contributed by atoms with Crippen LogP contribution < -0.4 is 0 Å². The minimum atomic E-state index is -3.96. The molecule has 1 saturated heterocycles. The minimum Gasteiger partial charge on any atom is -0.348 e. The van der Waals surface area contributed by atoms with Gasteiger partial charge < -0.3 is 9.47 Å². The molecule has 0 unspecified atom stereocenters. The summed E-state index contributed by atoms with van der Waals surface area (Å²) in [6.07, 6.45) is 10.9. The van der Waals surface area contributed by atoms with Crippen molar-refractivity contribution in [2.24, 2.45) is 0 Å². The number of ether oxygens (including phenoxy) is 2. The smallest absolute Gasteiger partial charge is 0.269 e. The quantitative estimate of drug-likeness (QED) is 0.148. The number of hydrogen-bond acceptors (Lipinski definition) is 6. The van der Waals surface area contributed by atoms with Crippen molar-refractivity contribution >= 4 is 21.1 Å². The van der Waals surface area contributed by atoms with Gasteiger partial charge >= 0.3 is 0 Å². The molecule has 8 nitrogen and oxygen atoms in total. The zero-order chi connectivity index (χ0) is 35.2. The molecule has 1 spiro atoms. The van der Waals surface area contributed by atoms with Gasteiger partial charge in [-0.25, -0.2) is 17.4 Å². The lowest BCUT2D eigenvalue weighted by atomic mass is 9.77. The molecule has 260 valence electrons. The first-order valence-electron chi connectivity index (χ1n) is 17.8. The maximum absolute atomic E-state index is 14.2. The number of aromatic nitrogens is 4. The van der Waals surface area contributed by atoms with Gasteiger partial charge in [0.05, 0.1) is 24.3 Å². The molecule has 9 heteroatoms. The first-order valence-corrected chi connectivity index (χ1v) is 19.2. The van der Waals surface area contributed by atoms with Gasteiger partial charge in [0.2, 0.25) is 0 Å². The number of rotatable bonds is 8. The van der Waals surface area contributed by atoms with Gasteiger partial charge in [0.15, 0.2) is 11.4 Å². The van der Waals surface area contributed by atoms with Gasteiger partial charge in [-0.1, -0.05) is 109 Å². The highest BCUT2D eigenvalue weighted by molar-refractivity contribution is 7.90. The monoisotopic (exact) mass is 706 g/mol. The third-order valence-electron chi connectivity index (χ3n) is 10.8. The molecule has 0 amide bonds. The van der Waals surface area contributed by atoms with Crippen LogP contribution in [-0.2, 0) is 25.0 Å². The summed E-state index contributed by atoms with van der Waals surface area (Å²) in [6, 6.07) is 41.8. The fraction of sp³-hybridized carbons (Fsp3) is 0.209. The maximum atomic E-state index is 14.2. The lowest BCUT2D eigenvalue weighted by Gasteiger charge is -2.36. The Morgan fingerprint density at radius 2 is 1.23 bits per heavy atom. The number of pyridine rings is 1. The third kappa shape index (κ3) is 5.39. The van der Waals surface area contributed by atoms with E-state index in [1.54, 1.807) is 30.5 Å². The largest absolute Gasteiger partial charge is 0.348 e. The van der Waals surface area contributed by atoms with E-state index in [1.165, 1.54) is 3.97 Å². The molecule has 1 saturated carbocycles. The van der Waals surface area contributed by atoms with Crippen LogP contribution in [0.1, 0.15) is 53.9 Å². The Morgan fingerprint density at radius 1 is 0.692 bits per heavy atom. The zero-order valence-electron chi connectivity index (χ0n) is 28.6. The van der Waals surface area contributed by atoms with Gasteiger partial charge in [0.25, 0.3) is 10.0 Å². The van der Waals surface area contributed by atoms with Crippen molar-refractivity contribution in [1.29, 1.82) is 0 Å². The van der Waals surface area contributed by atoms with E-state index in [1.807, 2.05) is 83.9 Å². The normalized spacial score (nSPS) is 16.5. The van der Waals surface area contributed by atoms with Crippen molar-refractivity contribution < 1.29 is 17.9 Å². The summed E-state index contributed by atoms with van der Waals surface area (Å²) in [6.45, 7) is 1.28. The fourth-order valence-corrected chi connectivity index (χ4v) is 9.54. The van der Waals surface area contributed by atoms with Crippen LogP contribution in [0.15, 0.2) is 157 Å². The molecule has 4 aromatic carbocycles. The number of fused-ring (bicyclic) bond motifs is 1. The Morgan fingerprint density at radius 3 is 1.79 bits per heavy atom. The number of hydrogen-bond donors (Lipinski definition) is 0. The molecule has 3 aromatic heterocycles. The molecule has 4 heterocycles. The van der Waals surface area contributed by atoms with Crippen molar-refractivity contribution in [2.75, 3.05) is 13.2 Å².